The highest BCUT2D eigenvalue weighted by molar-refractivity contribution is 5.16. The smallest absolute Gasteiger partial charge is 0.133 e. The van der Waals surface area contributed by atoms with Gasteiger partial charge in [0.2, 0.25) is 0 Å². The van der Waals surface area contributed by atoms with Gasteiger partial charge in [0.15, 0.2) is 0 Å². The second-order valence-corrected chi connectivity index (χ2v) is 5.55. The molecule has 0 saturated heterocycles. The maximum Gasteiger partial charge on any atom is 0.133 e. The Morgan fingerprint density at radius 2 is 1.95 bits per heavy atom. The van der Waals surface area contributed by atoms with Gasteiger partial charge in [0.25, 0.3) is 0 Å². The number of aryl methyl sites for hydroxylation is 1. The molecule has 0 amide bonds. The second kappa shape index (κ2) is 8.65. The molecule has 2 aromatic rings. The summed E-state index contributed by atoms with van der Waals surface area (Å²) in [6, 6.07) is 13.0. The Bertz CT molecular complexity index is 505. The minimum atomic E-state index is 0.472. The van der Waals surface area contributed by atoms with E-state index in [9.17, 15) is 0 Å². The van der Waals surface area contributed by atoms with Crippen LogP contribution in [0.15, 0.2) is 47.1 Å². The molecule has 0 unspecified atom stereocenters. The predicted molar refractivity (Wildman–Crippen MR) is 85.1 cm³/mol. The van der Waals surface area contributed by atoms with Crippen molar-refractivity contribution in [2.24, 2.45) is 0 Å². The van der Waals surface area contributed by atoms with Gasteiger partial charge in [-0.05, 0) is 24.5 Å². The van der Waals surface area contributed by atoms with Crippen molar-refractivity contribution >= 4 is 0 Å². The number of hydrogen-bond acceptors (Lipinski definition) is 3. The van der Waals surface area contributed by atoms with E-state index in [1.165, 1.54) is 11.1 Å². The zero-order valence-corrected chi connectivity index (χ0v) is 13.0. The first kappa shape index (κ1) is 15.8. The fraction of sp³-hybridized carbons (Fsp3) is 0.444. The van der Waals surface area contributed by atoms with Gasteiger partial charge >= 0.3 is 0 Å². The molecular formula is C18H25NO2. The van der Waals surface area contributed by atoms with Crippen LogP contribution in [0.25, 0.3) is 0 Å². The average molecular weight is 287 g/mol. The quantitative estimate of drug-likeness (QED) is 0.710. The Hall–Kier alpha value is -1.58. The average Bonchev–Trinajstić information content (AvgIpc) is 2.93. The van der Waals surface area contributed by atoms with Crippen molar-refractivity contribution in [2.75, 3.05) is 6.61 Å². The van der Waals surface area contributed by atoms with Gasteiger partial charge in [-0.3, -0.25) is 0 Å². The third-order valence-electron chi connectivity index (χ3n) is 3.37. The molecule has 0 aliphatic heterocycles. The summed E-state index contributed by atoms with van der Waals surface area (Å²) in [5.74, 6) is 0.933. The Morgan fingerprint density at radius 1 is 1.14 bits per heavy atom. The van der Waals surface area contributed by atoms with Crippen LogP contribution in [-0.2, 0) is 24.3 Å². The van der Waals surface area contributed by atoms with Gasteiger partial charge in [-0.1, -0.05) is 44.2 Å². The van der Waals surface area contributed by atoms with Crippen LogP contribution < -0.4 is 5.32 Å². The molecule has 1 heterocycles. The molecule has 1 aromatic carbocycles. The van der Waals surface area contributed by atoms with Crippen molar-refractivity contribution in [1.82, 2.24) is 5.32 Å². The number of ether oxygens (including phenoxy) is 1. The first-order valence-corrected chi connectivity index (χ1v) is 7.66. The van der Waals surface area contributed by atoms with E-state index in [4.69, 9.17) is 9.15 Å². The molecule has 0 atom stereocenters. The lowest BCUT2D eigenvalue weighted by atomic mass is 10.1. The summed E-state index contributed by atoms with van der Waals surface area (Å²) in [5, 5.41) is 3.40. The maximum absolute atomic E-state index is 5.73. The fourth-order valence-electron chi connectivity index (χ4n) is 2.15. The van der Waals surface area contributed by atoms with Gasteiger partial charge in [0, 0.05) is 24.8 Å². The van der Waals surface area contributed by atoms with Crippen LogP contribution in [0.2, 0.25) is 0 Å². The molecule has 0 aliphatic rings. The molecule has 1 N–H and O–H groups in total. The summed E-state index contributed by atoms with van der Waals surface area (Å²) in [5.41, 5.74) is 2.55. The van der Waals surface area contributed by atoms with Crippen molar-refractivity contribution in [3.63, 3.8) is 0 Å². The Kier molecular flexibility index (Phi) is 6.51. The first-order valence-electron chi connectivity index (χ1n) is 7.66. The van der Waals surface area contributed by atoms with Crippen LogP contribution in [0, 0.1) is 0 Å². The summed E-state index contributed by atoms with van der Waals surface area (Å²) in [7, 11) is 0. The lowest BCUT2D eigenvalue weighted by Gasteiger charge is -2.08. The van der Waals surface area contributed by atoms with Gasteiger partial charge in [0.1, 0.15) is 12.4 Å². The van der Waals surface area contributed by atoms with Crippen molar-refractivity contribution < 1.29 is 9.15 Å². The third-order valence-corrected chi connectivity index (χ3v) is 3.37. The zero-order valence-electron chi connectivity index (χ0n) is 13.0. The largest absolute Gasteiger partial charge is 0.467 e. The van der Waals surface area contributed by atoms with E-state index in [1.54, 1.807) is 6.26 Å². The Labute approximate surface area is 127 Å². The van der Waals surface area contributed by atoms with E-state index in [0.717, 1.165) is 31.8 Å². The van der Waals surface area contributed by atoms with Crippen molar-refractivity contribution in [2.45, 2.75) is 45.9 Å². The number of hydrogen-bond donors (Lipinski definition) is 1. The minimum Gasteiger partial charge on any atom is -0.467 e. The summed E-state index contributed by atoms with van der Waals surface area (Å²) < 4.78 is 11.2. The van der Waals surface area contributed by atoms with E-state index in [2.05, 4.69) is 43.4 Å². The van der Waals surface area contributed by atoms with Crippen molar-refractivity contribution in [3.8, 4) is 0 Å². The van der Waals surface area contributed by atoms with Crippen LogP contribution in [0.4, 0.5) is 0 Å². The molecule has 21 heavy (non-hydrogen) atoms. The lowest BCUT2D eigenvalue weighted by molar-refractivity contribution is 0.103. The number of rotatable bonds is 9. The standard InChI is InChI=1S/C18H25NO2/c1-15(2)19-13-17-10-12-21-18(17)14-20-11-6-9-16-7-4-3-5-8-16/h3-5,7-8,10,12,15,19H,6,9,11,13-14H2,1-2H3. The molecule has 0 radical (unpaired) electrons. The molecular weight excluding hydrogens is 262 g/mol. The Balaban J connectivity index is 1.66. The number of benzene rings is 1. The number of furan rings is 1. The maximum atomic E-state index is 5.73. The molecule has 114 valence electrons. The van der Waals surface area contributed by atoms with Gasteiger partial charge in [-0.15, -0.1) is 0 Å². The second-order valence-electron chi connectivity index (χ2n) is 5.55. The van der Waals surface area contributed by atoms with Gasteiger partial charge in [-0.25, -0.2) is 0 Å². The third kappa shape index (κ3) is 5.74. The van der Waals surface area contributed by atoms with E-state index in [1.807, 2.05) is 12.1 Å². The Morgan fingerprint density at radius 3 is 2.71 bits per heavy atom. The van der Waals surface area contributed by atoms with E-state index in [0.29, 0.717) is 12.6 Å². The minimum absolute atomic E-state index is 0.472. The van der Waals surface area contributed by atoms with Crippen LogP contribution >= 0.6 is 0 Å². The molecule has 2 rings (SSSR count). The molecule has 0 saturated carbocycles. The van der Waals surface area contributed by atoms with Crippen molar-refractivity contribution in [3.05, 3.63) is 59.5 Å². The van der Waals surface area contributed by atoms with E-state index in [-0.39, 0.29) is 0 Å². The van der Waals surface area contributed by atoms with Crippen LogP contribution in [0.1, 0.15) is 37.2 Å². The normalized spacial score (nSPS) is 11.2. The SMILES string of the molecule is CC(C)NCc1ccoc1COCCCc1ccccc1. The number of nitrogens with one attached hydrogen (secondary N) is 1. The van der Waals surface area contributed by atoms with Gasteiger partial charge in [0.05, 0.1) is 6.26 Å². The molecule has 1 aromatic heterocycles. The molecule has 3 nitrogen and oxygen atoms in total. The van der Waals surface area contributed by atoms with Crippen LogP contribution in [-0.4, -0.2) is 12.6 Å². The van der Waals surface area contributed by atoms with Gasteiger partial charge in [-0.2, -0.15) is 0 Å². The lowest BCUT2D eigenvalue weighted by Crippen LogP contribution is -2.22. The van der Waals surface area contributed by atoms with Crippen molar-refractivity contribution in [1.29, 1.82) is 0 Å². The molecule has 0 fully saturated rings. The predicted octanol–water partition coefficient (Wildman–Crippen LogP) is 3.93. The summed E-state index contributed by atoms with van der Waals surface area (Å²) >= 11 is 0. The van der Waals surface area contributed by atoms with Crippen LogP contribution in [0.3, 0.4) is 0 Å². The molecule has 0 spiro atoms. The molecule has 0 aliphatic carbocycles. The van der Waals surface area contributed by atoms with E-state index >= 15 is 0 Å². The van der Waals surface area contributed by atoms with Gasteiger partial charge < -0.3 is 14.5 Å². The highest BCUT2D eigenvalue weighted by Crippen LogP contribution is 2.12. The molecule has 3 heteroatoms. The first-order chi connectivity index (χ1) is 10.3. The highest BCUT2D eigenvalue weighted by Gasteiger charge is 2.06. The van der Waals surface area contributed by atoms with E-state index < -0.39 is 0 Å². The summed E-state index contributed by atoms with van der Waals surface area (Å²) in [6.45, 7) is 6.42. The zero-order chi connectivity index (χ0) is 14.9. The molecule has 0 bridgehead atoms. The highest BCUT2D eigenvalue weighted by atomic mass is 16.5. The van der Waals surface area contributed by atoms with Crippen LogP contribution in [0.5, 0.6) is 0 Å². The summed E-state index contributed by atoms with van der Waals surface area (Å²) in [4.78, 5) is 0. The fourth-order valence-corrected chi connectivity index (χ4v) is 2.15. The topological polar surface area (TPSA) is 34.4 Å². The monoisotopic (exact) mass is 287 g/mol. The summed E-state index contributed by atoms with van der Waals surface area (Å²) in [6.07, 6.45) is 3.82.